The molecule has 0 fully saturated rings. The smallest absolute Gasteiger partial charge is 0.140 e. The van der Waals surface area contributed by atoms with Crippen LogP contribution in [-0.2, 0) is 5.75 Å². The predicted octanol–water partition coefficient (Wildman–Crippen LogP) is 2.04. The summed E-state index contributed by atoms with van der Waals surface area (Å²) in [6, 6.07) is 5.69. The molecule has 0 aliphatic rings. The first kappa shape index (κ1) is 10.6. The maximum Gasteiger partial charge on any atom is 0.140 e. The third kappa shape index (κ3) is 2.78. The van der Waals surface area contributed by atoms with E-state index >= 15 is 0 Å². The van der Waals surface area contributed by atoms with E-state index in [0.717, 1.165) is 16.3 Å². The summed E-state index contributed by atoms with van der Waals surface area (Å²) in [7, 11) is 0. The molecule has 0 spiro atoms. The summed E-state index contributed by atoms with van der Waals surface area (Å²) in [5, 5.41) is 9.58. The van der Waals surface area contributed by atoms with Gasteiger partial charge in [-0.1, -0.05) is 0 Å². The van der Waals surface area contributed by atoms with Gasteiger partial charge in [0.15, 0.2) is 0 Å². The van der Waals surface area contributed by atoms with Gasteiger partial charge < -0.3 is 0 Å². The SMILES string of the molecule is N#Cc1cc(CSc2cnccn2)ccn1. The second-order valence-corrected chi connectivity index (χ2v) is 3.99. The van der Waals surface area contributed by atoms with Gasteiger partial charge in [-0.2, -0.15) is 5.26 Å². The van der Waals surface area contributed by atoms with E-state index in [2.05, 4.69) is 15.0 Å². The van der Waals surface area contributed by atoms with Crippen molar-refractivity contribution in [1.29, 1.82) is 5.26 Å². The van der Waals surface area contributed by atoms with E-state index < -0.39 is 0 Å². The topological polar surface area (TPSA) is 62.5 Å². The lowest BCUT2D eigenvalue weighted by Crippen LogP contribution is -1.87. The molecule has 2 aromatic rings. The Labute approximate surface area is 97.4 Å². The molecule has 16 heavy (non-hydrogen) atoms. The van der Waals surface area contributed by atoms with E-state index in [1.807, 2.05) is 12.1 Å². The van der Waals surface area contributed by atoms with Gasteiger partial charge >= 0.3 is 0 Å². The largest absolute Gasteiger partial charge is 0.260 e. The van der Waals surface area contributed by atoms with Crippen molar-refractivity contribution in [2.45, 2.75) is 10.8 Å². The van der Waals surface area contributed by atoms with Gasteiger partial charge in [0.05, 0.1) is 6.20 Å². The fourth-order valence-corrected chi connectivity index (χ4v) is 1.91. The highest BCUT2D eigenvalue weighted by Gasteiger charge is 1.99. The number of pyridine rings is 1. The molecule has 5 heteroatoms. The van der Waals surface area contributed by atoms with E-state index in [1.165, 1.54) is 0 Å². The summed E-state index contributed by atoms with van der Waals surface area (Å²) in [4.78, 5) is 12.1. The minimum atomic E-state index is 0.442. The van der Waals surface area contributed by atoms with Gasteiger partial charge in [0.2, 0.25) is 0 Å². The highest BCUT2D eigenvalue weighted by Crippen LogP contribution is 2.19. The first-order valence-electron chi connectivity index (χ1n) is 4.62. The van der Waals surface area contributed by atoms with E-state index in [1.54, 1.807) is 42.6 Å². The van der Waals surface area contributed by atoms with Crippen LogP contribution in [0.5, 0.6) is 0 Å². The lowest BCUT2D eigenvalue weighted by molar-refractivity contribution is 1.05. The minimum absolute atomic E-state index is 0.442. The van der Waals surface area contributed by atoms with Gasteiger partial charge in [0, 0.05) is 24.3 Å². The van der Waals surface area contributed by atoms with Crippen LogP contribution in [0.2, 0.25) is 0 Å². The van der Waals surface area contributed by atoms with E-state index in [0.29, 0.717) is 5.69 Å². The van der Waals surface area contributed by atoms with Gasteiger partial charge in [-0.3, -0.25) is 4.98 Å². The molecular weight excluding hydrogens is 220 g/mol. The molecule has 0 bridgehead atoms. The molecule has 0 aliphatic heterocycles. The van der Waals surface area contributed by atoms with Crippen molar-refractivity contribution in [2.24, 2.45) is 0 Å². The van der Waals surface area contributed by atoms with E-state index in [-0.39, 0.29) is 0 Å². The van der Waals surface area contributed by atoms with Crippen molar-refractivity contribution in [1.82, 2.24) is 15.0 Å². The fourth-order valence-electron chi connectivity index (χ4n) is 1.14. The van der Waals surface area contributed by atoms with Gasteiger partial charge in [-0.15, -0.1) is 11.8 Å². The summed E-state index contributed by atoms with van der Waals surface area (Å²) < 4.78 is 0. The molecule has 0 saturated carbocycles. The Bertz CT molecular complexity index is 507. The van der Waals surface area contributed by atoms with Crippen LogP contribution in [0.4, 0.5) is 0 Å². The van der Waals surface area contributed by atoms with Crippen molar-refractivity contribution < 1.29 is 0 Å². The maximum atomic E-state index is 8.71. The second kappa shape index (κ2) is 5.24. The highest BCUT2D eigenvalue weighted by molar-refractivity contribution is 7.98. The van der Waals surface area contributed by atoms with Crippen LogP contribution in [0.15, 0.2) is 41.9 Å². The molecule has 2 heterocycles. The lowest BCUT2D eigenvalue weighted by atomic mass is 10.2. The molecule has 0 unspecified atom stereocenters. The lowest BCUT2D eigenvalue weighted by Gasteiger charge is -2.00. The molecule has 0 saturated heterocycles. The monoisotopic (exact) mass is 228 g/mol. The Kier molecular flexibility index (Phi) is 3.46. The van der Waals surface area contributed by atoms with Crippen molar-refractivity contribution in [3.8, 4) is 6.07 Å². The highest BCUT2D eigenvalue weighted by atomic mass is 32.2. The Morgan fingerprint density at radius 3 is 2.94 bits per heavy atom. The molecular formula is C11H8N4S. The average molecular weight is 228 g/mol. The third-order valence-electron chi connectivity index (χ3n) is 1.87. The standard InChI is InChI=1S/C11H8N4S/c12-6-10-5-9(1-2-14-10)8-16-11-7-13-3-4-15-11/h1-5,7H,8H2. The van der Waals surface area contributed by atoms with E-state index in [4.69, 9.17) is 5.26 Å². The minimum Gasteiger partial charge on any atom is -0.260 e. The number of hydrogen-bond donors (Lipinski definition) is 0. The first-order valence-corrected chi connectivity index (χ1v) is 5.61. The number of aromatic nitrogens is 3. The Morgan fingerprint density at radius 1 is 1.25 bits per heavy atom. The Balaban J connectivity index is 2.03. The van der Waals surface area contributed by atoms with Crippen LogP contribution < -0.4 is 0 Å². The van der Waals surface area contributed by atoms with Crippen LogP contribution >= 0.6 is 11.8 Å². The molecule has 0 aliphatic carbocycles. The molecule has 4 nitrogen and oxygen atoms in total. The number of nitriles is 1. The van der Waals surface area contributed by atoms with E-state index in [9.17, 15) is 0 Å². The summed E-state index contributed by atoms with van der Waals surface area (Å²) in [5.41, 5.74) is 1.50. The normalized spacial score (nSPS) is 9.69. The zero-order chi connectivity index (χ0) is 11.2. The maximum absolute atomic E-state index is 8.71. The summed E-state index contributed by atoms with van der Waals surface area (Å²) in [6.45, 7) is 0. The van der Waals surface area contributed by atoms with Crippen molar-refractivity contribution in [3.05, 3.63) is 48.2 Å². The number of hydrogen-bond acceptors (Lipinski definition) is 5. The quantitative estimate of drug-likeness (QED) is 0.752. The van der Waals surface area contributed by atoms with Crippen molar-refractivity contribution >= 4 is 11.8 Å². The molecule has 0 aromatic carbocycles. The first-order chi connectivity index (χ1) is 7.88. The number of rotatable bonds is 3. The Hall–Kier alpha value is -1.93. The predicted molar refractivity (Wildman–Crippen MR) is 60.5 cm³/mol. The zero-order valence-electron chi connectivity index (χ0n) is 8.37. The van der Waals surface area contributed by atoms with Crippen molar-refractivity contribution in [2.75, 3.05) is 0 Å². The summed E-state index contributed by atoms with van der Waals surface area (Å²) in [6.07, 6.45) is 6.67. The molecule has 0 radical (unpaired) electrons. The molecule has 0 atom stereocenters. The van der Waals surface area contributed by atoms with Gasteiger partial charge in [-0.05, 0) is 17.7 Å². The van der Waals surface area contributed by atoms with Gasteiger partial charge in [0.25, 0.3) is 0 Å². The summed E-state index contributed by atoms with van der Waals surface area (Å²) >= 11 is 1.58. The molecule has 78 valence electrons. The van der Waals surface area contributed by atoms with Crippen LogP contribution in [-0.4, -0.2) is 15.0 Å². The molecule has 2 rings (SSSR count). The molecule has 0 N–H and O–H groups in total. The molecule has 0 amide bonds. The van der Waals surface area contributed by atoms with Crippen LogP contribution in [0.25, 0.3) is 0 Å². The fraction of sp³-hybridized carbons (Fsp3) is 0.0909. The number of nitrogens with zero attached hydrogens (tertiary/aromatic N) is 4. The van der Waals surface area contributed by atoms with Gasteiger partial charge in [0.1, 0.15) is 16.8 Å². The zero-order valence-corrected chi connectivity index (χ0v) is 9.18. The number of thioether (sulfide) groups is 1. The summed E-state index contributed by atoms with van der Waals surface area (Å²) in [5.74, 6) is 0.760. The molecule has 2 aromatic heterocycles. The van der Waals surface area contributed by atoms with Crippen molar-refractivity contribution in [3.63, 3.8) is 0 Å². The Morgan fingerprint density at radius 2 is 2.19 bits per heavy atom. The average Bonchev–Trinajstić information content (AvgIpc) is 2.38. The van der Waals surface area contributed by atoms with Crippen LogP contribution in [0.1, 0.15) is 11.3 Å². The third-order valence-corrected chi connectivity index (χ3v) is 2.85. The van der Waals surface area contributed by atoms with Crippen LogP contribution in [0.3, 0.4) is 0 Å². The second-order valence-electron chi connectivity index (χ2n) is 2.99. The van der Waals surface area contributed by atoms with Crippen LogP contribution in [0, 0.1) is 11.3 Å². The van der Waals surface area contributed by atoms with Gasteiger partial charge in [-0.25, -0.2) is 9.97 Å².